The number of carbonyl (C=O) groups excluding carboxylic acids is 2. The van der Waals surface area contributed by atoms with Gasteiger partial charge in [0, 0.05) is 0 Å². The van der Waals surface area contributed by atoms with Crippen LogP contribution in [0, 0.1) is 0 Å². The molecule has 0 saturated carbocycles. The third kappa shape index (κ3) is 0.841. The van der Waals surface area contributed by atoms with Gasteiger partial charge in [-0.3, -0.25) is 10.1 Å². The predicted octanol–water partition coefficient (Wildman–Crippen LogP) is -1.42. The van der Waals surface area contributed by atoms with Gasteiger partial charge in [-0.2, -0.15) is 0 Å². The largest absolute Gasteiger partial charge is 0.393 e. The van der Waals surface area contributed by atoms with Crippen molar-refractivity contribution in [2.24, 2.45) is 0 Å². The summed E-state index contributed by atoms with van der Waals surface area (Å²) in [6.07, 6.45) is 0. The topological polar surface area (TPSA) is 78.4 Å². The van der Waals surface area contributed by atoms with E-state index in [1.807, 2.05) is 5.32 Å². The quantitative estimate of drug-likeness (QED) is 0.395. The summed E-state index contributed by atoms with van der Waals surface area (Å²) in [6, 6.07) is -0.554. The van der Waals surface area contributed by atoms with Crippen LogP contribution in [0.15, 0.2) is 0 Å². The van der Waals surface area contributed by atoms with Crippen LogP contribution in [0.2, 0.25) is 0 Å². The molecule has 3 amide bonds. The van der Waals surface area contributed by atoms with Crippen molar-refractivity contribution in [2.75, 3.05) is 6.61 Å². The van der Waals surface area contributed by atoms with Gasteiger partial charge in [0.1, 0.15) is 5.54 Å². The first-order chi connectivity index (χ1) is 4.58. The Balaban J connectivity index is 2.80. The van der Waals surface area contributed by atoms with Crippen LogP contribution >= 0.6 is 0 Å². The molecule has 1 heterocycles. The molecule has 0 spiro atoms. The zero-order chi connectivity index (χ0) is 7.78. The van der Waals surface area contributed by atoms with E-state index in [2.05, 4.69) is 5.32 Å². The molecule has 1 fully saturated rings. The summed E-state index contributed by atoms with van der Waals surface area (Å²) in [5, 5.41) is 12.9. The van der Waals surface area contributed by atoms with Gasteiger partial charge in [-0.1, -0.05) is 0 Å². The van der Waals surface area contributed by atoms with Crippen LogP contribution in [-0.4, -0.2) is 29.2 Å². The lowest BCUT2D eigenvalue weighted by atomic mass is 10.1. The summed E-state index contributed by atoms with van der Waals surface area (Å²) >= 11 is 0. The molecular formula is C5H8N2O3. The molecule has 0 aromatic heterocycles. The number of hydrogen-bond donors (Lipinski definition) is 3. The van der Waals surface area contributed by atoms with Gasteiger partial charge in [-0.25, -0.2) is 4.79 Å². The molecule has 5 nitrogen and oxygen atoms in total. The predicted molar refractivity (Wildman–Crippen MR) is 32.2 cm³/mol. The van der Waals surface area contributed by atoms with Gasteiger partial charge in [0.2, 0.25) is 0 Å². The molecule has 1 aliphatic heterocycles. The Bertz CT molecular complexity index is 191. The first-order valence-electron chi connectivity index (χ1n) is 2.83. The second-order valence-corrected chi connectivity index (χ2v) is 2.40. The molecule has 0 aliphatic carbocycles. The van der Waals surface area contributed by atoms with Gasteiger partial charge >= 0.3 is 6.03 Å². The van der Waals surface area contributed by atoms with E-state index in [1.165, 1.54) is 6.92 Å². The molecule has 5 heteroatoms. The van der Waals surface area contributed by atoms with Crippen LogP contribution in [0.4, 0.5) is 4.79 Å². The van der Waals surface area contributed by atoms with Crippen molar-refractivity contribution in [2.45, 2.75) is 12.5 Å². The summed E-state index contributed by atoms with van der Waals surface area (Å²) < 4.78 is 0. The molecule has 0 bridgehead atoms. The Morgan fingerprint density at radius 3 is 2.40 bits per heavy atom. The van der Waals surface area contributed by atoms with Gasteiger partial charge in [0.15, 0.2) is 0 Å². The Morgan fingerprint density at radius 2 is 2.20 bits per heavy atom. The van der Waals surface area contributed by atoms with E-state index in [-0.39, 0.29) is 6.61 Å². The molecule has 1 saturated heterocycles. The zero-order valence-electron chi connectivity index (χ0n) is 5.47. The maximum Gasteiger partial charge on any atom is 0.322 e. The van der Waals surface area contributed by atoms with Crippen LogP contribution in [-0.2, 0) is 4.79 Å². The van der Waals surface area contributed by atoms with E-state index in [0.717, 1.165) is 0 Å². The highest BCUT2D eigenvalue weighted by Crippen LogP contribution is 2.06. The van der Waals surface area contributed by atoms with Crippen molar-refractivity contribution >= 4 is 11.9 Å². The third-order valence-electron chi connectivity index (χ3n) is 1.43. The van der Waals surface area contributed by atoms with Crippen molar-refractivity contribution in [3.8, 4) is 0 Å². The lowest BCUT2D eigenvalue weighted by Crippen LogP contribution is -2.46. The van der Waals surface area contributed by atoms with Crippen molar-refractivity contribution in [1.29, 1.82) is 0 Å². The van der Waals surface area contributed by atoms with Crippen molar-refractivity contribution in [1.82, 2.24) is 10.6 Å². The highest BCUT2D eigenvalue weighted by atomic mass is 16.3. The normalized spacial score (nSPS) is 31.8. The average Bonchev–Trinajstić information content (AvgIpc) is 2.09. The second-order valence-electron chi connectivity index (χ2n) is 2.40. The van der Waals surface area contributed by atoms with Crippen LogP contribution in [0.25, 0.3) is 0 Å². The Morgan fingerprint density at radius 1 is 1.60 bits per heavy atom. The fraction of sp³-hybridized carbons (Fsp3) is 0.600. The first-order valence-corrected chi connectivity index (χ1v) is 2.83. The molecule has 0 aromatic rings. The number of imide groups is 1. The van der Waals surface area contributed by atoms with Gasteiger partial charge < -0.3 is 10.4 Å². The number of aliphatic hydroxyl groups is 1. The number of urea groups is 1. The van der Waals surface area contributed by atoms with Gasteiger partial charge in [-0.15, -0.1) is 0 Å². The van der Waals surface area contributed by atoms with Crippen LogP contribution in [0.5, 0.6) is 0 Å². The van der Waals surface area contributed by atoms with Crippen LogP contribution in [0.1, 0.15) is 6.92 Å². The molecular weight excluding hydrogens is 136 g/mol. The standard InChI is InChI=1S/C5H8N2O3/c1-5(2-8)3(9)6-4(10)7-5/h8H,2H2,1H3,(H2,6,7,9,10)/t5-/m0/s1. The number of amides is 3. The maximum atomic E-state index is 10.8. The lowest BCUT2D eigenvalue weighted by Gasteiger charge is -2.15. The zero-order valence-corrected chi connectivity index (χ0v) is 5.47. The average molecular weight is 144 g/mol. The van der Waals surface area contributed by atoms with E-state index >= 15 is 0 Å². The molecule has 0 unspecified atom stereocenters. The van der Waals surface area contributed by atoms with Gasteiger partial charge in [0.25, 0.3) is 5.91 Å². The van der Waals surface area contributed by atoms with Crippen molar-refractivity contribution in [3.63, 3.8) is 0 Å². The molecule has 1 aliphatic rings. The monoisotopic (exact) mass is 144 g/mol. The summed E-state index contributed by atoms with van der Waals surface area (Å²) in [4.78, 5) is 21.3. The fourth-order valence-electron chi connectivity index (χ4n) is 0.691. The minimum Gasteiger partial charge on any atom is -0.393 e. The highest BCUT2D eigenvalue weighted by Gasteiger charge is 2.41. The smallest absolute Gasteiger partial charge is 0.322 e. The van der Waals surface area contributed by atoms with Crippen LogP contribution < -0.4 is 10.6 Å². The number of aliphatic hydroxyl groups excluding tert-OH is 1. The van der Waals surface area contributed by atoms with Crippen molar-refractivity contribution in [3.05, 3.63) is 0 Å². The van der Waals surface area contributed by atoms with Gasteiger partial charge in [0.05, 0.1) is 6.61 Å². The fourth-order valence-corrected chi connectivity index (χ4v) is 0.691. The number of rotatable bonds is 1. The van der Waals surface area contributed by atoms with E-state index in [1.54, 1.807) is 0 Å². The van der Waals surface area contributed by atoms with E-state index in [0.29, 0.717) is 0 Å². The molecule has 56 valence electrons. The lowest BCUT2D eigenvalue weighted by molar-refractivity contribution is -0.124. The second kappa shape index (κ2) is 1.95. The van der Waals surface area contributed by atoms with E-state index in [9.17, 15) is 9.59 Å². The summed E-state index contributed by atoms with van der Waals surface area (Å²) in [7, 11) is 0. The maximum absolute atomic E-state index is 10.8. The van der Waals surface area contributed by atoms with Crippen molar-refractivity contribution < 1.29 is 14.7 Å². The summed E-state index contributed by atoms with van der Waals surface area (Å²) in [5.41, 5.74) is -1.13. The number of carbonyl (C=O) groups is 2. The van der Waals surface area contributed by atoms with E-state index in [4.69, 9.17) is 5.11 Å². The summed E-state index contributed by atoms with van der Waals surface area (Å²) in [5.74, 6) is -0.486. The molecule has 1 rings (SSSR count). The molecule has 0 aromatic carbocycles. The minimum absolute atomic E-state index is 0.384. The molecule has 0 radical (unpaired) electrons. The number of nitrogens with one attached hydrogen (secondary N) is 2. The number of hydrogen-bond acceptors (Lipinski definition) is 3. The van der Waals surface area contributed by atoms with Gasteiger partial charge in [-0.05, 0) is 6.92 Å². The highest BCUT2D eigenvalue weighted by molar-refractivity contribution is 6.06. The minimum atomic E-state index is -1.13. The Hall–Kier alpha value is -1.10. The molecule has 1 atom stereocenters. The first kappa shape index (κ1) is 7.01. The summed E-state index contributed by atoms with van der Waals surface area (Å²) in [6.45, 7) is 1.07. The van der Waals surface area contributed by atoms with E-state index < -0.39 is 17.5 Å². The Kier molecular flexibility index (Phi) is 1.37. The third-order valence-corrected chi connectivity index (χ3v) is 1.43. The Labute approximate surface area is 57.4 Å². The molecule has 10 heavy (non-hydrogen) atoms. The molecule has 3 N–H and O–H groups in total. The SMILES string of the molecule is C[C@@]1(CO)NC(=O)NC1=O. The van der Waals surface area contributed by atoms with Crippen LogP contribution in [0.3, 0.4) is 0 Å².